The van der Waals surface area contributed by atoms with E-state index in [4.69, 9.17) is 0 Å². The van der Waals surface area contributed by atoms with E-state index in [9.17, 15) is 92.2 Å². The van der Waals surface area contributed by atoms with E-state index in [0.29, 0.717) is 35.4 Å². The summed E-state index contributed by atoms with van der Waals surface area (Å²) in [7, 11) is -31.7. The van der Waals surface area contributed by atoms with Gasteiger partial charge in [0.05, 0.1) is 21.2 Å². The molecule has 0 aromatic heterocycles. The molecule has 0 aliphatic heterocycles. The maximum absolute atomic E-state index is 13.9. The van der Waals surface area contributed by atoms with Gasteiger partial charge >= 0.3 is 6.03 Å². The molecule has 25 nitrogen and oxygen atoms in total. The van der Waals surface area contributed by atoms with Gasteiger partial charge in [0.25, 0.3) is 72.5 Å². The van der Waals surface area contributed by atoms with Crippen molar-refractivity contribution in [2.24, 2.45) is 0 Å². The Hall–Kier alpha value is -8.05. The number of carbonyl (C=O) groups is 3. The van der Waals surface area contributed by atoms with Gasteiger partial charge in [0, 0.05) is 44.0 Å². The molecule has 4 amide bonds. The van der Waals surface area contributed by atoms with Gasteiger partial charge in [0.1, 0.15) is 19.6 Å². The van der Waals surface area contributed by atoms with Gasteiger partial charge in [-0.25, -0.2) is 4.79 Å². The molecule has 8 aromatic carbocycles. The quantitative estimate of drug-likeness (QED) is 0.0492. The summed E-state index contributed by atoms with van der Waals surface area (Å²) in [5.41, 5.74) is 0.837. The SMILES string of the molecule is O=C(Nc1ccc(-c2ccccc2C(=O)Nc2ccc(S(=O)(=O)O)c3cc(S(=O)(=O)O)cc(S(=O)(=O)O)c23)cc1)Nc1ccc(-c2ccccc2C(=O)Nc2ccc(S(=O)(=O)O)c3cc(S(=O)(=O)O)cc(S(=O)(=O)O)c23)cc1. The van der Waals surface area contributed by atoms with E-state index in [0.717, 1.165) is 24.3 Å². The second-order valence-corrected chi connectivity index (χ2v) is 24.9. The molecule has 0 unspecified atom stereocenters. The third kappa shape index (κ3) is 11.9. The van der Waals surface area contributed by atoms with Crippen LogP contribution < -0.4 is 21.3 Å². The first-order chi connectivity index (χ1) is 36.2. The average molecular weight is 1180 g/mol. The van der Waals surface area contributed by atoms with Gasteiger partial charge in [-0.05, 0) is 107 Å². The van der Waals surface area contributed by atoms with Crippen molar-refractivity contribution in [3.05, 3.63) is 157 Å². The van der Waals surface area contributed by atoms with Crippen molar-refractivity contribution >= 4 is 123 Å². The van der Waals surface area contributed by atoms with Gasteiger partial charge in [-0.15, -0.1) is 0 Å². The van der Waals surface area contributed by atoms with Crippen molar-refractivity contribution in [3.8, 4) is 22.3 Å². The third-order valence-electron chi connectivity index (χ3n) is 11.5. The van der Waals surface area contributed by atoms with Crippen LogP contribution in [0.1, 0.15) is 20.7 Å². The summed E-state index contributed by atoms with van der Waals surface area (Å²) in [6.07, 6.45) is 0. The smallest absolute Gasteiger partial charge is 0.321 e. The molecule has 0 aliphatic rings. The lowest BCUT2D eigenvalue weighted by atomic mass is 9.98. The van der Waals surface area contributed by atoms with Crippen LogP contribution in [-0.4, -0.2) is 95.7 Å². The molecular weight excluding hydrogens is 1150 g/mol. The van der Waals surface area contributed by atoms with Crippen LogP contribution in [-0.2, 0) is 60.7 Å². The number of carbonyl (C=O) groups excluding carboxylic acids is 3. The number of nitrogens with one attached hydrogen (secondary N) is 4. The Balaban J connectivity index is 0.996. The lowest BCUT2D eigenvalue weighted by Gasteiger charge is -2.16. The number of anilines is 4. The van der Waals surface area contributed by atoms with Gasteiger partial charge in [0.2, 0.25) is 0 Å². The number of amides is 4. The van der Waals surface area contributed by atoms with Gasteiger partial charge < -0.3 is 21.3 Å². The molecule has 0 saturated heterocycles. The molecule has 0 fully saturated rings. The zero-order valence-electron chi connectivity index (χ0n) is 38.6. The molecule has 0 aliphatic carbocycles. The fourth-order valence-corrected chi connectivity index (χ4v) is 12.2. The first-order valence-corrected chi connectivity index (χ1v) is 30.0. The van der Waals surface area contributed by atoms with Crippen molar-refractivity contribution < 1.29 is 92.2 Å². The molecule has 404 valence electrons. The summed E-state index contributed by atoms with van der Waals surface area (Å²) < 4.78 is 206. The van der Waals surface area contributed by atoms with Crippen LogP contribution in [0.25, 0.3) is 43.8 Å². The van der Waals surface area contributed by atoms with Crippen LogP contribution in [0.4, 0.5) is 27.5 Å². The molecular formula is C47H34N4O21S6. The monoisotopic (exact) mass is 1180 g/mol. The minimum Gasteiger partial charge on any atom is -0.321 e. The van der Waals surface area contributed by atoms with Crippen molar-refractivity contribution in [3.63, 3.8) is 0 Å². The standard InChI is InChI=1S/C47H34N4O21S6/c52-45(50-37-17-19-39(75(61,62)63)35-21-29(73(55,56)57)23-41(43(35)37)77(67,68)69)33-7-3-1-5-31(33)25-9-13-27(14-10-25)48-47(54)49-28-15-11-26(12-16-28)32-6-2-4-8-34(32)46(53)51-38-18-20-40(76(64,65)66)36-22-30(74(58,59)60)24-42(44(36)38)78(70,71)72/h1-24H,(H,50,52)(H,51,53)(H2,48,49,54)(H,55,56,57)(H,58,59,60)(H,61,62,63)(H,64,65,66)(H,67,68,69)(H,70,71,72). The highest BCUT2D eigenvalue weighted by Gasteiger charge is 2.30. The number of hydrogen-bond acceptors (Lipinski definition) is 15. The van der Waals surface area contributed by atoms with E-state index >= 15 is 0 Å². The summed E-state index contributed by atoms with van der Waals surface area (Å²) >= 11 is 0. The largest absolute Gasteiger partial charge is 0.323 e. The normalized spacial score (nSPS) is 12.5. The zero-order chi connectivity index (χ0) is 57.1. The van der Waals surface area contributed by atoms with Crippen LogP contribution in [0, 0.1) is 0 Å². The summed E-state index contributed by atoms with van der Waals surface area (Å²) in [5, 5.41) is 7.02. The molecule has 0 radical (unpaired) electrons. The number of rotatable bonds is 14. The Bertz CT molecular complexity index is 4300. The van der Waals surface area contributed by atoms with Crippen LogP contribution in [0.3, 0.4) is 0 Å². The van der Waals surface area contributed by atoms with Crippen molar-refractivity contribution in [1.29, 1.82) is 0 Å². The van der Waals surface area contributed by atoms with E-state index in [-0.39, 0.29) is 33.6 Å². The third-order valence-corrected chi connectivity index (χ3v) is 16.7. The fourth-order valence-electron chi connectivity index (χ4n) is 8.16. The summed E-state index contributed by atoms with van der Waals surface area (Å²) in [6.45, 7) is 0. The topological polar surface area (TPSA) is 426 Å². The van der Waals surface area contributed by atoms with Crippen molar-refractivity contribution in [2.45, 2.75) is 29.4 Å². The number of benzene rings is 8. The predicted molar refractivity (Wildman–Crippen MR) is 279 cm³/mol. The second kappa shape index (κ2) is 20.4. The minimum atomic E-state index is -5.42. The minimum absolute atomic E-state index is 0.0484. The van der Waals surface area contributed by atoms with Crippen LogP contribution in [0.5, 0.6) is 0 Å². The van der Waals surface area contributed by atoms with Crippen molar-refractivity contribution in [1.82, 2.24) is 0 Å². The highest BCUT2D eigenvalue weighted by molar-refractivity contribution is 7.88. The average Bonchev–Trinajstić information content (AvgIpc) is 3.56. The molecule has 0 spiro atoms. The van der Waals surface area contributed by atoms with E-state index < -0.39 is 141 Å². The number of fused-ring (bicyclic) bond motifs is 2. The van der Waals surface area contributed by atoms with E-state index in [1.807, 2.05) is 0 Å². The number of hydrogen-bond donors (Lipinski definition) is 10. The highest BCUT2D eigenvalue weighted by Crippen LogP contribution is 2.40. The Morgan fingerprint density at radius 2 is 0.654 bits per heavy atom. The van der Waals surface area contributed by atoms with E-state index in [1.54, 1.807) is 12.1 Å². The van der Waals surface area contributed by atoms with Crippen LogP contribution >= 0.6 is 0 Å². The maximum Gasteiger partial charge on any atom is 0.323 e. The lowest BCUT2D eigenvalue weighted by Crippen LogP contribution is -2.19. The Morgan fingerprint density at radius 3 is 0.962 bits per heavy atom. The van der Waals surface area contributed by atoms with E-state index in [2.05, 4.69) is 21.3 Å². The first-order valence-electron chi connectivity index (χ1n) is 21.4. The molecule has 0 heterocycles. The molecule has 8 aromatic rings. The van der Waals surface area contributed by atoms with Gasteiger partial charge in [-0.1, -0.05) is 60.7 Å². The summed E-state index contributed by atoms with van der Waals surface area (Å²) in [4.78, 5) is 34.1. The Kier molecular flexibility index (Phi) is 14.7. The first kappa shape index (κ1) is 56.2. The highest BCUT2D eigenvalue weighted by atomic mass is 32.2. The Morgan fingerprint density at radius 1 is 0.333 bits per heavy atom. The van der Waals surface area contributed by atoms with Crippen LogP contribution in [0.15, 0.2) is 175 Å². The molecule has 8 rings (SSSR count). The molecule has 0 saturated carbocycles. The van der Waals surface area contributed by atoms with Gasteiger partial charge in [-0.2, -0.15) is 50.5 Å². The molecule has 0 bridgehead atoms. The maximum atomic E-state index is 13.9. The second-order valence-electron chi connectivity index (χ2n) is 16.5. The zero-order valence-corrected chi connectivity index (χ0v) is 43.5. The molecule has 10 N–H and O–H groups in total. The van der Waals surface area contributed by atoms with Gasteiger partial charge in [0.15, 0.2) is 0 Å². The van der Waals surface area contributed by atoms with Crippen molar-refractivity contribution in [2.75, 3.05) is 21.3 Å². The van der Waals surface area contributed by atoms with Gasteiger partial charge in [-0.3, -0.25) is 36.9 Å². The molecule has 31 heteroatoms. The van der Waals surface area contributed by atoms with E-state index in [1.165, 1.54) is 84.9 Å². The fraction of sp³-hybridized carbons (Fsp3) is 0. The number of urea groups is 1. The molecule has 78 heavy (non-hydrogen) atoms. The lowest BCUT2D eigenvalue weighted by molar-refractivity contribution is 0.101. The summed E-state index contributed by atoms with van der Waals surface area (Å²) in [6, 6.07) is 28.1. The summed E-state index contributed by atoms with van der Waals surface area (Å²) in [5.74, 6) is -1.85. The van der Waals surface area contributed by atoms with Crippen LogP contribution in [0.2, 0.25) is 0 Å². The molecule has 0 atom stereocenters. The Labute approximate surface area is 442 Å². The predicted octanol–water partition coefficient (Wildman–Crippen LogP) is 6.96.